The molecule has 0 radical (unpaired) electrons. The first-order valence-electron chi connectivity index (χ1n) is 8.62. The molecule has 120 valence electrons. The standard InChI is InChI=1S/C20H23ClN2/c1-23-11-8-14(9-12-23)19-18-7-6-17(21)13-16(18)5-4-15-3-2-10-22-20(15)19/h2-3,6-7,10,13,16,18H,4-5,8-9,11-12H2,1H3. The number of rotatable bonds is 0. The van der Waals surface area contributed by atoms with Crippen LogP contribution in [0.4, 0.5) is 0 Å². The van der Waals surface area contributed by atoms with Gasteiger partial charge >= 0.3 is 0 Å². The number of halogens is 1. The molecule has 2 unspecified atom stereocenters. The van der Waals surface area contributed by atoms with E-state index in [4.69, 9.17) is 16.6 Å². The Morgan fingerprint density at radius 2 is 2.04 bits per heavy atom. The van der Waals surface area contributed by atoms with Gasteiger partial charge in [-0.05, 0) is 61.9 Å². The van der Waals surface area contributed by atoms with Gasteiger partial charge in [0.15, 0.2) is 0 Å². The summed E-state index contributed by atoms with van der Waals surface area (Å²) >= 11 is 6.29. The summed E-state index contributed by atoms with van der Waals surface area (Å²) in [6.07, 6.45) is 13.2. The topological polar surface area (TPSA) is 16.1 Å². The lowest BCUT2D eigenvalue weighted by Gasteiger charge is -2.31. The first-order chi connectivity index (χ1) is 11.2. The van der Waals surface area contributed by atoms with E-state index < -0.39 is 0 Å². The van der Waals surface area contributed by atoms with Crippen molar-refractivity contribution in [1.29, 1.82) is 0 Å². The highest BCUT2D eigenvalue weighted by atomic mass is 35.5. The molecular formula is C20H23ClN2. The molecule has 3 heteroatoms. The van der Waals surface area contributed by atoms with Crippen LogP contribution in [-0.2, 0) is 6.42 Å². The zero-order valence-electron chi connectivity index (χ0n) is 13.6. The molecule has 23 heavy (non-hydrogen) atoms. The fraction of sp³-hybridized carbons (Fsp3) is 0.450. The maximum atomic E-state index is 6.29. The van der Waals surface area contributed by atoms with Crippen molar-refractivity contribution in [2.24, 2.45) is 11.8 Å². The van der Waals surface area contributed by atoms with Gasteiger partial charge in [-0.3, -0.25) is 4.98 Å². The predicted molar refractivity (Wildman–Crippen MR) is 96.3 cm³/mol. The van der Waals surface area contributed by atoms with Crippen molar-refractivity contribution < 1.29 is 0 Å². The number of hydrogen-bond donors (Lipinski definition) is 0. The van der Waals surface area contributed by atoms with Gasteiger partial charge in [0.2, 0.25) is 0 Å². The SMILES string of the molecule is CN1CCC(=C2c3ncccc3CCC3C=C(Cl)C=CC23)CC1. The van der Waals surface area contributed by atoms with Gasteiger partial charge in [-0.25, -0.2) is 0 Å². The summed E-state index contributed by atoms with van der Waals surface area (Å²) in [6, 6.07) is 4.33. The molecule has 2 aliphatic carbocycles. The van der Waals surface area contributed by atoms with Gasteiger partial charge in [0.25, 0.3) is 0 Å². The lowest BCUT2D eigenvalue weighted by molar-refractivity contribution is 0.312. The van der Waals surface area contributed by atoms with Crippen LogP contribution in [-0.4, -0.2) is 30.0 Å². The van der Waals surface area contributed by atoms with E-state index in [1.54, 1.807) is 5.57 Å². The Kier molecular flexibility index (Phi) is 4.13. The molecule has 0 bridgehead atoms. The average Bonchev–Trinajstić information content (AvgIpc) is 2.72. The molecule has 1 aliphatic heterocycles. The number of nitrogens with zero attached hydrogens (tertiary/aromatic N) is 2. The molecule has 3 aliphatic rings. The Balaban J connectivity index is 1.84. The number of piperidine rings is 1. The maximum Gasteiger partial charge on any atom is 0.0699 e. The van der Waals surface area contributed by atoms with E-state index in [1.807, 2.05) is 6.20 Å². The second kappa shape index (κ2) is 6.26. The van der Waals surface area contributed by atoms with Crippen LogP contribution in [0.5, 0.6) is 0 Å². The monoisotopic (exact) mass is 326 g/mol. The molecule has 0 aromatic carbocycles. The van der Waals surface area contributed by atoms with Crippen molar-refractivity contribution in [1.82, 2.24) is 9.88 Å². The third kappa shape index (κ3) is 2.90. The summed E-state index contributed by atoms with van der Waals surface area (Å²) in [5.74, 6) is 0.941. The van der Waals surface area contributed by atoms with Crippen LogP contribution in [0.1, 0.15) is 30.5 Å². The van der Waals surface area contributed by atoms with E-state index in [0.29, 0.717) is 11.8 Å². The first kappa shape index (κ1) is 15.2. The van der Waals surface area contributed by atoms with E-state index in [0.717, 1.165) is 43.8 Å². The third-order valence-electron chi connectivity index (χ3n) is 5.50. The minimum Gasteiger partial charge on any atom is -0.306 e. The summed E-state index contributed by atoms with van der Waals surface area (Å²) in [5.41, 5.74) is 5.75. The minimum absolute atomic E-state index is 0.437. The lowest BCUT2D eigenvalue weighted by atomic mass is 9.78. The summed E-state index contributed by atoms with van der Waals surface area (Å²) in [5, 5.41) is 0.887. The van der Waals surface area contributed by atoms with E-state index in [1.165, 1.54) is 16.8 Å². The highest BCUT2D eigenvalue weighted by Crippen LogP contribution is 2.44. The molecule has 2 atom stereocenters. The number of fused-ring (bicyclic) bond motifs is 2. The zero-order chi connectivity index (χ0) is 15.8. The van der Waals surface area contributed by atoms with Gasteiger partial charge in [-0.15, -0.1) is 0 Å². The van der Waals surface area contributed by atoms with Crippen LogP contribution in [0.2, 0.25) is 0 Å². The maximum absolute atomic E-state index is 6.29. The third-order valence-corrected chi connectivity index (χ3v) is 5.75. The second-order valence-electron chi connectivity index (χ2n) is 6.97. The Hall–Kier alpha value is -1.38. The van der Waals surface area contributed by atoms with Crippen molar-refractivity contribution in [2.45, 2.75) is 25.7 Å². The highest BCUT2D eigenvalue weighted by Gasteiger charge is 2.32. The van der Waals surface area contributed by atoms with Gasteiger partial charge in [-0.1, -0.05) is 35.4 Å². The van der Waals surface area contributed by atoms with Gasteiger partial charge < -0.3 is 4.90 Å². The Bertz CT molecular complexity index is 691. The number of likely N-dealkylation sites (tertiary alicyclic amines) is 1. The van der Waals surface area contributed by atoms with Crippen molar-refractivity contribution in [3.8, 4) is 0 Å². The van der Waals surface area contributed by atoms with Gasteiger partial charge in [0, 0.05) is 30.2 Å². The summed E-state index contributed by atoms with van der Waals surface area (Å²) in [4.78, 5) is 7.23. The second-order valence-corrected chi connectivity index (χ2v) is 7.41. The highest BCUT2D eigenvalue weighted by molar-refractivity contribution is 6.31. The fourth-order valence-electron chi connectivity index (χ4n) is 4.20. The van der Waals surface area contributed by atoms with E-state index >= 15 is 0 Å². The van der Waals surface area contributed by atoms with Crippen molar-refractivity contribution >= 4 is 17.2 Å². The van der Waals surface area contributed by atoms with E-state index in [2.05, 4.69) is 42.3 Å². The number of aryl methyl sites for hydroxylation is 1. The number of aromatic nitrogens is 1. The Morgan fingerprint density at radius 1 is 1.22 bits per heavy atom. The average molecular weight is 327 g/mol. The number of allylic oxidation sites excluding steroid dienone is 5. The normalized spacial score (nSPS) is 28.0. The molecule has 1 aromatic heterocycles. The lowest BCUT2D eigenvalue weighted by Crippen LogP contribution is -2.28. The largest absolute Gasteiger partial charge is 0.306 e. The van der Waals surface area contributed by atoms with Crippen molar-refractivity contribution in [2.75, 3.05) is 20.1 Å². The number of pyridine rings is 1. The van der Waals surface area contributed by atoms with Gasteiger partial charge in [-0.2, -0.15) is 0 Å². The van der Waals surface area contributed by atoms with E-state index in [9.17, 15) is 0 Å². The predicted octanol–water partition coefficient (Wildman–Crippen LogP) is 4.43. The molecule has 1 aromatic rings. The van der Waals surface area contributed by atoms with Gasteiger partial charge in [0.1, 0.15) is 0 Å². The minimum atomic E-state index is 0.437. The summed E-state index contributed by atoms with van der Waals surface area (Å²) in [6.45, 7) is 2.30. The van der Waals surface area contributed by atoms with Gasteiger partial charge in [0.05, 0.1) is 5.69 Å². The molecule has 2 nitrogen and oxygen atoms in total. The fourth-order valence-corrected chi connectivity index (χ4v) is 4.43. The van der Waals surface area contributed by atoms with Crippen LogP contribution in [0.15, 0.2) is 47.2 Å². The smallest absolute Gasteiger partial charge is 0.0699 e. The molecule has 1 saturated heterocycles. The molecule has 1 fully saturated rings. The Labute approximate surface area is 143 Å². The molecule has 0 saturated carbocycles. The van der Waals surface area contributed by atoms with Crippen molar-refractivity contribution in [3.63, 3.8) is 0 Å². The van der Waals surface area contributed by atoms with Crippen LogP contribution >= 0.6 is 11.6 Å². The van der Waals surface area contributed by atoms with E-state index in [-0.39, 0.29) is 0 Å². The number of hydrogen-bond acceptors (Lipinski definition) is 2. The van der Waals surface area contributed by atoms with Crippen LogP contribution in [0, 0.1) is 11.8 Å². The molecule has 2 heterocycles. The summed E-state index contributed by atoms with van der Waals surface area (Å²) in [7, 11) is 2.21. The molecule has 4 rings (SSSR count). The van der Waals surface area contributed by atoms with Crippen LogP contribution < -0.4 is 0 Å². The molecule has 0 spiro atoms. The first-order valence-corrected chi connectivity index (χ1v) is 9.00. The quantitative estimate of drug-likeness (QED) is 0.701. The zero-order valence-corrected chi connectivity index (χ0v) is 14.4. The van der Waals surface area contributed by atoms with Crippen LogP contribution in [0.3, 0.4) is 0 Å². The molecular weight excluding hydrogens is 304 g/mol. The summed E-state index contributed by atoms with van der Waals surface area (Å²) < 4.78 is 0. The van der Waals surface area contributed by atoms with Crippen molar-refractivity contribution in [3.05, 3.63) is 58.4 Å². The molecule has 0 amide bonds. The molecule has 0 N–H and O–H groups in total. The van der Waals surface area contributed by atoms with Crippen LogP contribution in [0.25, 0.3) is 5.57 Å². The Morgan fingerprint density at radius 3 is 2.87 bits per heavy atom.